The first-order chi connectivity index (χ1) is 14.4. The van der Waals surface area contributed by atoms with E-state index >= 15 is 0 Å². The number of amides is 4. The summed E-state index contributed by atoms with van der Waals surface area (Å²) in [7, 11) is 0. The van der Waals surface area contributed by atoms with Crippen LogP contribution in [0.5, 0.6) is 0 Å². The van der Waals surface area contributed by atoms with Crippen molar-refractivity contribution in [1.82, 2.24) is 16.0 Å². The minimum atomic E-state index is -1.71. The van der Waals surface area contributed by atoms with Gasteiger partial charge in [-0.05, 0) is 26.3 Å². The summed E-state index contributed by atoms with van der Waals surface area (Å²) in [6.45, 7) is 0.704. The van der Waals surface area contributed by atoms with Crippen LogP contribution in [0.1, 0.15) is 32.6 Å². The Morgan fingerprint density at radius 2 is 1.48 bits per heavy atom. The summed E-state index contributed by atoms with van der Waals surface area (Å²) in [5, 5.41) is 34.3. The quantitative estimate of drug-likeness (QED) is 0.108. The van der Waals surface area contributed by atoms with Crippen LogP contribution in [-0.4, -0.2) is 88.3 Å². The fourth-order valence-electron chi connectivity index (χ4n) is 2.44. The average molecular weight is 448 g/mol. The van der Waals surface area contributed by atoms with Crippen molar-refractivity contribution in [2.24, 2.45) is 17.2 Å². The van der Waals surface area contributed by atoms with Crippen LogP contribution in [0.3, 0.4) is 0 Å². The Morgan fingerprint density at radius 1 is 0.935 bits per heavy atom. The highest BCUT2D eigenvalue weighted by Gasteiger charge is 2.32. The Morgan fingerprint density at radius 3 is 1.94 bits per heavy atom. The van der Waals surface area contributed by atoms with Crippen molar-refractivity contribution >= 4 is 29.6 Å². The van der Waals surface area contributed by atoms with Gasteiger partial charge in [-0.2, -0.15) is 0 Å². The Bertz CT molecular complexity index is 644. The molecule has 0 aromatic rings. The van der Waals surface area contributed by atoms with Gasteiger partial charge in [0.05, 0.1) is 25.2 Å². The molecule has 14 heteroatoms. The molecule has 0 radical (unpaired) electrons. The maximum atomic E-state index is 12.4. The average Bonchev–Trinajstić information content (AvgIpc) is 2.68. The van der Waals surface area contributed by atoms with Crippen LogP contribution >= 0.6 is 0 Å². The van der Waals surface area contributed by atoms with Crippen molar-refractivity contribution in [1.29, 1.82) is 0 Å². The maximum absolute atomic E-state index is 12.4. The van der Waals surface area contributed by atoms with E-state index in [9.17, 15) is 34.2 Å². The number of unbranched alkanes of at least 4 members (excludes halogenated alkanes) is 1. The van der Waals surface area contributed by atoms with E-state index in [2.05, 4.69) is 10.6 Å². The molecule has 0 saturated carbocycles. The smallest absolute Gasteiger partial charge is 0.328 e. The van der Waals surface area contributed by atoms with Crippen LogP contribution in [0.2, 0.25) is 0 Å². The number of nitrogens with one attached hydrogen (secondary N) is 3. The highest BCUT2D eigenvalue weighted by Crippen LogP contribution is 2.01. The number of aliphatic hydroxyl groups excluding tert-OH is 2. The lowest BCUT2D eigenvalue weighted by atomic mass is 10.1. The van der Waals surface area contributed by atoms with Crippen molar-refractivity contribution in [3.8, 4) is 0 Å². The molecule has 14 nitrogen and oxygen atoms in total. The van der Waals surface area contributed by atoms with E-state index in [0.717, 1.165) is 6.92 Å². The molecule has 31 heavy (non-hydrogen) atoms. The lowest BCUT2D eigenvalue weighted by Gasteiger charge is -2.24. The predicted octanol–water partition coefficient (Wildman–Crippen LogP) is -4.77. The fourth-order valence-corrected chi connectivity index (χ4v) is 2.44. The van der Waals surface area contributed by atoms with Crippen LogP contribution in [0.15, 0.2) is 0 Å². The molecule has 0 saturated heterocycles. The molecule has 12 N–H and O–H groups in total. The second-order valence-corrected chi connectivity index (χ2v) is 6.93. The number of aliphatic carboxylic acids is 1. The molecule has 0 heterocycles. The van der Waals surface area contributed by atoms with Gasteiger partial charge in [0.1, 0.15) is 12.1 Å². The Kier molecular flexibility index (Phi) is 12.9. The third kappa shape index (κ3) is 10.7. The van der Waals surface area contributed by atoms with E-state index in [1.54, 1.807) is 0 Å². The molecule has 5 unspecified atom stereocenters. The van der Waals surface area contributed by atoms with Crippen LogP contribution in [0.4, 0.5) is 0 Å². The van der Waals surface area contributed by atoms with E-state index in [-0.39, 0.29) is 0 Å². The molecule has 0 aromatic carbocycles. The van der Waals surface area contributed by atoms with Gasteiger partial charge in [-0.1, -0.05) is 6.42 Å². The number of carbonyl (C=O) groups is 5. The minimum Gasteiger partial charge on any atom is -0.480 e. The molecule has 0 aliphatic heterocycles. The Balaban J connectivity index is 5.17. The zero-order valence-corrected chi connectivity index (χ0v) is 17.2. The van der Waals surface area contributed by atoms with Gasteiger partial charge in [-0.25, -0.2) is 4.79 Å². The largest absolute Gasteiger partial charge is 0.480 e. The minimum absolute atomic E-state index is 0.297. The van der Waals surface area contributed by atoms with Crippen molar-refractivity contribution in [2.75, 3.05) is 13.2 Å². The van der Waals surface area contributed by atoms with E-state index in [4.69, 9.17) is 22.3 Å². The first-order valence-electron chi connectivity index (χ1n) is 9.61. The van der Waals surface area contributed by atoms with Crippen LogP contribution in [0.25, 0.3) is 0 Å². The number of carboxylic acids is 1. The van der Waals surface area contributed by atoms with E-state index in [0.29, 0.717) is 25.8 Å². The molecule has 5 atom stereocenters. The predicted molar refractivity (Wildman–Crippen MR) is 107 cm³/mol. The molecule has 0 aliphatic rings. The van der Waals surface area contributed by atoms with Gasteiger partial charge in [-0.15, -0.1) is 0 Å². The summed E-state index contributed by atoms with van der Waals surface area (Å²) in [5.41, 5.74) is 16.1. The molecule has 0 spiro atoms. The number of carbonyl (C=O) groups excluding carboxylic acids is 4. The number of aliphatic hydroxyl groups is 2. The molecule has 0 aromatic heterocycles. The van der Waals surface area contributed by atoms with Crippen LogP contribution in [0, 0.1) is 0 Å². The van der Waals surface area contributed by atoms with Gasteiger partial charge in [0, 0.05) is 0 Å². The summed E-state index contributed by atoms with van der Waals surface area (Å²) in [6, 6.07) is -5.78. The number of rotatable bonds is 15. The standard InChI is InChI=1S/C17H32N6O8/c1-8(25)13(17(30)31)23-15(28)10(6-12(20)26)21-16(29)11(7-24)22-14(27)9(19)4-2-3-5-18/h8-11,13,24-25H,2-7,18-19H2,1H3,(H2,20,26)(H,21,29)(H,22,27)(H,23,28)(H,30,31). The summed E-state index contributed by atoms with van der Waals surface area (Å²) in [4.78, 5) is 59.2. The summed E-state index contributed by atoms with van der Waals surface area (Å²) >= 11 is 0. The number of nitrogens with two attached hydrogens (primary N) is 3. The maximum Gasteiger partial charge on any atom is 0.328 e. The molecule has 0 rings (SSSR count). The topological polar surface area (TPSA) is 260 Å². The van der Waals surface area contributed by atoms with Gasteiger partial charge in [-0.3, -0.25) is 19.2 Å². The second-order valence-electron chi connectivity index (χ2n) is 6.93. The summed E-state index contributed by atoms with van der Waals surface area (Å²) in [6.07, 6.45) is -0.648. The molecule has 0 fully saturated rings. The van der Waals surface area contributed by atoms with Crippen molar-refractivity contribution in [3.05, 3.63) is 0 Å². The third-order valence-electron chi connectivity index (χ3n) is 4.21. The highest BCUT2D eigenvalue weighted by atomic mass is 16.4. The first-order valence-corrected chi connectivity index (χ1v) is 9.61. The number of primary amides is 1. The molecule has 178 valence electrons. The zero-order valence-electron chi connectivity index (χ0n) is 17.2. The van der Waals surface area contributed by atoms with E-state index in [1.807, 2.05) is 5.32 Å². The molecule has 4 amide bonds. The monoisotopic (exact) mass is 448 g/mol. The third-order valence-corrected chi connectivity index (χ3v) is 4.21. The van der Waals surface area contributed by atoms with Gasteiger partial charge < -0.3 is 48.5 Å². The molecular formula is C17H32N6O8. The number of carboxylic acid groups (broad SMARTS) is 1. The summed E-state index contributed by atoms with van der Waals surface area (Å²) in [5.74, 6) is -5.40. The lowest BCUT2D eigenvalue weighted by molar-refractivity contribution is -0.145. The number of hydrogen-bond donors (Lipinski definition) is 9. The Labute approximate surface area is 178 Å². The highest BCUT2D eigenvalue weighted by molar-refractivity contribution is 5.96. The van der Waals surface area contributed by atoms with Crippen LogP contribution < -0.4 is 33.2 Å². The molecule has 0 aliphatic carbocycles. The van der Waals surface area contributed by atoms with Crippen molar-refractivity contribution in [3.63, 3.8) is 0 Å². The van der Waals surface area contributed by atoms with E-state index < -0.39 is 72.9 Å². The zero-order chi connectivity index (χ0) is 24.1. The van der Waals surface area contributed by atoms with E-state index in [1.165, 1.54) is 0 Å². The SMILES string of the molecule is CC(O)C(NC(=O)C(CC(N)=O)NC(=O)C(CO)NC(=O)C(N)CCCCN)C(=O)O. The van der Waals surface area contributed by atoms with Gasteiger partial charge in [0.2, 0.25) is 23.6 Å². The normalized spacial score (nSPS) is 15.6. The number of hydrogen-bond acceptors (Lipinski definition) is 9. The Hall–Kier alpha value is -2.81. The van der Waals surface area contributed by atoms with Gasteiger partial charge in [0.25, 0.3) is 0 Å². The van der Waals surface area contributed by atoms with Crippen LogP contribution in [-0.2, 0) is 24.0 Å². The molecular weight excluding hydrogens is 416 g/mol. The first kappa shape index (κ1) is 28.2. The van der Waals surface area contributed by atoms with Crippen molar-refractivity contribution in [2.45, 2.75) is 62.9 Å². The lowest BCUT2D eigenvalue weighted by Crippen LogP contribution is -2.59. The van der Waals surface area contributed by atoms with Gasteiger partial charge in [0.15, 0.2) is 6.04 Å². The van der Waals surface area contributed by atoms with Gasteiger partial charge >= 0.3 is 5.97 Å². The van der Waals surface area contributed by atoms with Crippen molar-refractivity contribution < 1.29 is 39.3 Å². The summed E-state index contributed by atoms with van der Waals surface area (Å²) < 4.78 is 0. The second kappa shape index (κ2) is 14.2. The fraction of sp³-hybridized carbons (Fsp3) is 0.706. The molecule has 0 bridgehead atoms.